The molecule has 5 heteroatoms. The number of nitrogens with zero attached hydrogens (tertiary/aromatic N) is 2. The smallest absolute Gasteiger partial charge is 0.123 e. The number of ether oxygens (including phenoxy) is 1. The van der Waals surface area contributed by atoms with Crippen molar-refractivity contribution >= 4 is 28.2 Å². The van der Waals surface area contributed by atoms with Crippen LogP contribution in [-0.4, -0.2) is 18.1 Å². The van der Waals surface area contributed by atoms with Crippen molar-refractivity contribution in [3.8, 4) is 16.9 Å². The van der Waals surface area contributed by atoms with Gasteiger partial charge in [-0.2, -0.15) is 0 Å². The van der Waals surface area contributed by atoms with Gasteiger partial charge in [0.05, 0.1) is 5.52 Å². The maximum absolute atomic E-state index is 13.8. The predicted molar refractivity (Wildman–Crippen MR) is 138 cm³/mol. The van der Waals surface area contributed by atoms with Gasteiger partial charge in [0.25, 0.3) is 0 Å². The van der Waals surface area contributed by atoms with Crippen molar-refractivity contribution < 1.29 is 9.13 Å². The molecule has 1 atom stereocenters. The fraction of sp³-hybridized carbons (Fsp3) is 0.276. The Bertz CT molecular complexity index is 1300. The number of benzene rings is 3. The van der Waals surface area contributed by atoms with Crippen molar-refractivity contribution in [2.24, 2.45) is 0 Å². The van der Waals surface area contributed by atoms with E-state index in [2.05, 4.69) is 23.1 Å². The summed E-state index contributed by atoms with van der Waals surface area (Å²) in [5.74, 6) is 0.489. The fourth-order valence-electron chi connectivity index (χ4n) is 4.94. The van der Waals surface area contributed by atoms with Gasteiger partial charge in [-0.3, -0.25) is 4.98 Å². The second kappa shape index (κ2) is 9.63. The van der Waals surface area contributed by atoms with Crippen LogP contribution in [-0.2, 0) is 0 Å². The molecule has 1 aliphatic rings. The first-order valence-electron chi connectivity index (χ1n) is 11.9. The Morgan fingerprint density at radius 1 is 0.941 bits per heavy atom. The van der Waals surface area contributed by atoms with Gasteiger partial charge in [0, 0.05) is 40.4 Å². The van der Waals surface area contributed by atoms with Gasteiger partial charge in [0.15, 0.2) is 0 Å². The van der Waals surface area contributed by atoms with E-state index >= 15 is 0 Å². The number of hydrogen-bond donors (Lipinski definition) is 0. The van der Waals surface area contributed by atoms with E-state index in [0.717, 1.165) is 52.1 Å². The third kappa shape index (κ3) is 4.60. The molecule has 0 radical (unpaired) electrons. The Kier molecular flexibility index (Phi) is 6.42. The van der Waals surface area contributed by atoms with Crippen LogP contribution in [0.15, 0.2) is 66.7 Å². The van der Waals surface area contributed by atoms with Gasteiger partial charge in [-0.1, -0.05) is 23.7 Å². The molecule has 4 aromatic rings. The Labute approximate surface area is 205 Å². The van der Waals surface area contributed by atoms with Crippen LogP contribution in [0.25, 0.3) is 22.0 Å². The summed E-state index contributed by atoms with van der Waals surface area (Å²) in [6.45, 7) is 6.19. The first-order valence-corrected chi connectivity index (χ1v) is 12.2. The zero-order chi connectivity index (χ0) is 23.7. The molecule has 1 aliphatic heterocycles. The van der Waals surface area contributed by atoms with E-state index in [-0.39, 0.29) is 11.9 Å². The Balaban J connectivity index is 1.67. The number of anilines is 1. The van der Waals surface area contributed by atoms with Crippen molar-refractivity contribution in [2.45, 2.75) is 39.2 Å². The van der Waals surface area contributed by atoms with Gasteiger partial charge >= 0.3 is 0 Å². The number of hydrogen-bond acceptors (Lipinski definition) is 3. The molecule has 0 aliphatic carbocycles. The Morgan fingerprint density at radius 3 is 2.35 bits per heavy atom. The highest BCUT2D eigenvalue weighted by Crippen LogP contribution is 2.39. The molecule has 5 rings (SSSR count). The van der Waals surface area contributed by atoms with E-state index < -0.39 is 0 Å². The largest absolute Gasteiger partial charge is 0.486 e. The molecule has 1 fully saturated rings. The van der Waals surface area contributed by atoms with Gasteiger partial charge in [-0.15, -0.1) is 0 Å². The first kappa shape index (κ1) is 22.7. The topological polar surface area (TPSA) is 25.4 Å². The third-order valence-corrected chi connectivity index (χ3v) is 6.84. The number of pyridine rings is 1. The summed E-state index contributed by atoms with van der Waals surface area (Å²) in [6, 6.07) is 20.6. The van der Waals surface area contributed by atoms with Crippen LogP contribution in [0.1, 0.15) is 43.5 Å². The summed E-state index contributed by atoms with van der Waals surface area (Å²) in [4.78, 5) is 7.40. The molecule has 0 spiro atoms. The van der Waals surface area contributed by atoms with E-state index in [9.17, 15) is 4.39 Å². The SMILES string of the molecule is Cc1nc2ccc(N3CCCCC3)cc2c(-c2ccc(F)cc2)c1C(C)Oc1ccc(Cl)cc1. The van der Waals surface area contributed by atoms with Crippen LogP contribution in [0.5, 0.6) is 5.75 Å². The summed E-state index contributed by atoms with van der Waals surface area (Å²) in [6.07, 6.45) is 3.45. The van der Waals surface area contributed by atoms with Gasteiger partial charge in [0.2, 0.25) is 0 Å². The minimum atomic E-state index is -0.267. The van der Waals surface area contributed by atoms with Gasteiger partial charge < -0.3 is 9.64 Å². The number of aryl methyl sites for hydroxylation is 1. The molecular formula is C29H28ClFN2O. The average molecular weight is 475 g/mol. The normalized spacial score (nSPS) is 14.9. The average Bonchev–Trinajstić information content (AvgIpc) is 2.85. The van der Waals surface area contributed by atoms with Crippen LogP contribution < -0.4 is 9.64 Å². The van der Waals surface area contributed by atoms with E-state index in [0.29, 0.717) is 5.02 Å². The Hall–Kier alpha value is -3.11. The second-order valence-electron chi connectivity index (χ2n) is 8.96. The molecule has 1 aromatic heterocycles. The van der Waals surface area contributed by atoms with Crippen molar-refractivity contribution in [1.82, 2.24) is 4.98 Å². The van der Waals surface area contributed by atoms with Gasteiger partial charge in [-0.25, -0.2) is 4.39 Å². The fourth-order valence-corrected chi connectivity index (χ4v) is 5.06. The van der Waals surface area contributed by atoms with E-state index in [1.807, 2.05) is 50.2 Å². The highest BCUT2D eigenvalue weighted by atomic mass is 35.5. The third-order valence-electron chi connectivity index (χ3n) is 6.58. The summed E-state index contributed by atoms with van der Waals surface area (Å²) < 4.78 is 20.2. The van der Waals surface area contributed by atoms with Crippen molar-refractivity contribution in [3.05, 3.63) is 88.8 Å². The van der Waals surface area contributed by atoms with E-state index in [4.69, 9.17) is 21.3 Å². The van der Waals surface area contributed by atoms with Gasteiger partial charge in [0.1, 0.15) is 17.7 Å². The van der Waals surface area contributed by atoms with Crippen LogP contribution >= 0.6 is 11.6 Å². The molecule has 34 heavy (non-hydrogen) atoms. The summed E-state index contributed by atoms with van der Waals surface area (Å²) >= 11 is 6.05. The molecular weight excluding hydrogens is 447 g/mol. The van der Waals surface area contributed by atoms with Crippen LogP contribution in [0.4, 0.5) is 10.1 Å². The maximum Gasteiger partial charge on any atom is 0.123 e. The lowest BCUT2D eigenvalue weighted by molar-refractivity contribution is 0.226. The van der Waals surface area contributed by atoms with Crippen molar-refractivity contribution in [2.75, 3.05) is 18.0 Å². The van der Waals surface area contributed by atoms with Gasteiger partial charge in [-0.05, 0) is 98.8 Å². The summed E-state index contributed by atoms with van der Waals surface area (Å²) in [7, 11) is 0. The zero-order valence-corrected chi connectivity index (χ0v) is 20.3. The van der Waals surface area contributed by atoms with Crippen LogP contribution in [0, 0.1) is 12.7 Å². The van der Waals surface area contributed by atoms with Crippen molar-refractivity contribution in [3.63, 3.8) is 0 Å². The predicted octanol–water partition coefficient (Wildman–Crippen LogP) is 8.13. The minimum Gasteiger partial charge on any atom is -0.486 e. The van der Waals surface area contributed by atoms with E-state index in [1.165, 1.54) is 37.1 Å². The number of aromatic nitrogens is 1. The molecule has 1 saturated heterocycles. The van der Waals surface area contributed by atoms with Crippen LogP contribution in [0.3, 0.4) is 0 Å². The maximum atomic E-state index is 13.8. The zero-order valence-electron chi connectivity index (χ0n) is 19.5. The molecule has 3 nitrogen and oxygen atoms in total. The monoisotopic (exact) mass is 474 g/mol. The molecule has 0 bridgehead atoms. The number of piperidine rings is 1. The molecule has 3 aromatic carbocycles. The Morgan fingerprint density at radius 2 is 1.65 bits per heavy atom. The lowest BCUT2D eigenvalue weighted by Gasteiger charge is -2.29. The first-order chi connectivity index (χ1) is 16.5. The molecule has 2 heterocycles. The highest BCUT2D eigenvalue weighted by Gasteiger charge is 2.22. The molecule has 0 amide bonds. The number of fused-ring (bicyclic) bond motifs is 1. The standard InChI is InChI=1S/C29H28ClFN2O/c1-19-28(20(2)34-25-13-8-22(30)9-14-25)29(21-6-10-23(31)11-7-21)26-18-24(12-15-27(26)32-19)33-16-4-3-5-17-33/h6-15,18,20H,3-5,16-17H2,1-2H3. The number of halogens is 2. The lowest BCUT2D eigenvalue weighted by atomic mass is 9.91. The summed E-state index contributed by atoms with van der Waals surface area (Å²) in [5.41, 5.74) is 6.04. The van der Waals surface area contributed by atoms with Crippen LogP contribution in [0.2, 0.25) is 5.02 Å². The quantitative estimate of drug-likeness (QED) is 0.292. The lowest BCUT2D eigenvalue weighted by Crippen LogP contribution is -2.29. The summed E-state index contributed by atoms with van der Waals surface area (Å²) in [5, 5.41) is 1.72. The molecule has 0 saturated carbocycles. The molecule has 0 N–H and O–H groups in total. The molecule has 174 valence electrons. The van der Waals surface area contributed by atoms with Crippen molar-refractivity contribution in [1.29, 1.82) is 0 Å². The van der Waals surface area contributed by atoms with E-state index in [1.54, 1.807) is 0 Å². The second-order valence-corrected chi connectivity index (χ2v) is 9.39. The number of rotatable bonds is 5. The minimum absolute atomic E-state index is 0.250. The highest BCUT2D eigenvalue weighted by molar-refractivity contribution is 6.30. The molecule has 1 unspecified atom stereocenters.